The van der Waals surface area contributed by atoms with Gasteiger partial charge in [0.15, 0.2) is 0 Å². The SMILES string of the molecule is Cc1ccc([N+](=O)[O-])cc1N(CCC(=O)O)CCC(C)C. The molecule has 1 aromatic carbocycles. The van der Waals surface area contributed by atoms with Crippen LogP contribution in [0.2, 0.25) is 0 Å². The van der Waals surface area contributed by atoms with E-state index in [1.807, 2.05) is 11.8 Å². The number of hydrogen-bond donors (Lipinski definition) is 1. The van der Waals surface area contributed by atoms with Crippen molar-refractivity contribution in [2.75, 3.05) is 18.0 Å². The van der Waals surface area contributed by atoms with Crippen molar-refractivity contribution in [3.63, 3.8) is 0 Å². The van der Waals surface area contributed by atoms with Crippen LogP contribution in [0.3, 0.4) is 0 Å². The number of benzene rings is 1. The Morgan fingerprint density at radius 3 is 2.57 bits per heavy atom. The fraction of sp³-hybridized carbons (Fsp3) is 0.533. The lowest BCUT2D eigenvalue weighted by molar-refractivity contribution is -0.384. The van der Waals surface area contributed by atoms with E-state index in [9.17, 15) is 14.9 Å². The molecule has 1 rings (SSSR count). The van der Waals surface area contributed by atoms with Gasteiger partial charge in [0.25, 0.3) is 5.69 Å². The van der Waals surface area contributed by atoms with E-state index in [-0.39, 0.29) is 12.1 Å². The van der Waals surface area contributed by atoms with E-state index in [4.69, 9.17) is 5.11 Å². The molecular formula is C15H22N2O4. The molecule has 0 radical (unpaired) electrons. The highest BCUT2D eigenvalue weighted by Crippen LogP contribution is 2.26. The van der Waals surface area contributed by atoms with Crippen LogP contribution in [0.25, 0.3) is 0 Å². The average Bonchev–Trinajstić information content (AvgIpc) is 2.39. The minimum Gasteiger partial charge on any atom is -0.481 e. The summed E-state index contributed by atoms with van der Waals surface area (Å²) < 4.78 is 0. The molecule has 21 heavy (non-hydrogen) atoms. The Labute approximate surface area is 124 Å². The normalized spacial score (nSPS) is 10.7. The molecule has 0 spiro atoms. The van der Waals surface area contributed by atoms with E-state index in [2.05, 4.69) is 13.8 Å². The highest BCUT2D eigenvalue weighted by molar-refractivity contribution is 5.68. The van der Waals surface area contributed by atoms with Crippen LogP contribution in [0, 0.1) is 23.0 Å². The molecule has 0 saturated heterocycles. The number of anilines is 1. The van der Waals surface area contributed by atoms with Gasteiger partial charge in [-0.25, -0.2) is 0 Å². The van der Waals surface area contributed by atoms with Crippen molar-refractivity contribution in [3.8, 4) is 0 Å². The summed E-state index contributed by atoms with van der Waals surface area (Å²) in [5.74, 6) is -0.385. The van der Waals surface area contributed by atoms with Gasteiger partial charge in [0, 0.05) is 30.9 Å². The van der Waals surface area contributed by atoms with Gasteiger partial charge in [0.05, 0.1) is 11.3 Å². The van der Waals surface area contributed by atoms with Crippen LogP contribution in [-0.4, -0.2) is 29.1 Å². The predicted octanol–water partition coefficient (Wildman–Crippen LogP) is 3.23. The quantitative estimate of drug-likeness (QED) is 0.588. The number of nitrogens with zero attached hydrogens (tertiary/aromatic N) is 2. The molecule has 0 aromatic heterocycles. The molecular weight excluding hydrogens is 272 g/mol. The summed E-state index contributed by atoms with van der Waals surface area (Å²) >= 11 is 0. The predicted molar refractivity (Wildman–Crippen MR) is 81.8 cm³/mol. The van der Waals surface area contributed by atoms with Crippen molar-refractivity contribution in [2.45, 2.75) is 33.6 Å². The number of carboxylic acids is 1. The zero-order valence-electron chi connectivity index (χ0n) is 12.7. The third-order valence-electron chi connectivity index (χ3n) is 3.32. The van der Waals surface area contributed by atoms with Crippen LogP contribution in [0.1, 0.15) is 32.3 Å². The summed E-state index contributed by atoms with van der Waals surface area (Å²) in [6.45, 7) is 7.10. The van der Waals surface area contributed by atoms with Gasteiger partial charge in [-0.3, -0.25) is 14.9 Å². The molecule has 6 nitrogen and oxygen atoms in total. The molecule has 1 aromatic rings. The fourth-order valence-corrected chi connectivity index (χ4v) is 2.05. The van der Waals surface area contributed by atoms with Crippen LogP contribution in [0.15, 0.2) is 18.2 Å². The highest BCUT2D eigenvalue weighted by Gasteiger charge is 2.15. The second-order valence-corrected chi connectivity index (χ2v) is 5.54. The summed E-state index contributed by atoms with van der Waals surface area (Å²) in [5, 5.41) is 19.8. The van der Waals surface area contributed by atoms with E-state index < -0.39 is 10.9 Å². The van der Waals surface area contributed by atoms with Crippen LogP contribution in [0.5, 0.6) is 0 Å². The average molecular weight is 294 g/mol. The summed E-state index contributed by atoms with van der Waals surface area (Å²) in [7, 11) is 0. The van der Waals surface area contributed by atoms with E-state index in [1.54, 1.807) is 6.07 Å². The van der Waals surface area contributed by atoms with Gasteiger partial charge in [-0.15, -0.1) is 0 Å². The number of carboxylic acid groups (broad SMARTS) is 1. The summed E-state index contributed by atoms with van der Waals surface area (Å²) in [6.07, 6.45) is 0.919. The van der Waals surface area contributed by atoms with Crippen LogP contribution < -0.4 is 4.90 Å². The summed E-state index contributed by atoms with van der Waals surface area (Å²) in [5.41, 5.74) is 1.68. The van der Waals surface area contributed by atoms with Crippen molar-refractivity contribution < 1.29 is 14.8 Å². The lowest BCUT2D eigenvalue weighted by Gasteiger charge is -2.26. The summed E-state index contributed by atoms with van der Waals surface area (Å²) in [6, 6.07) is 4.70. The van der Waals surface area contributed by atoms with Gasteiger partial charge in [0.1, 0.15) is 0 Å². The first-order chi connectivity index (χ1) is 9.81. The number of nitro groups is 1. The first-order valence-electron chi connectivity index (χ1n) is 7.03. The topological polar surface area (TPSA) is 83.7 Å². The maximum atomic E-state index is 10.9. The Morgan fingerprint density at radius 2 is 2.05 bits per heavy atom. The largest absolute Gasteiger partial charge is 0.481 e. The third-order valence-corrected chi connectivity index (χ3v) is 3.32. The lowest BCUT2D eigenvalue weighted by Crippen LogP contribution is -2.28. The van der Waals surface area contributed by atoms with Gasteiger partial charge < -0.3 is 10.0 Å². The lowest BCUT2D eigenvalue weighted by atomic mass is 10.1. The van der Waals surface area contributed by atoms with E-state index in [0.717, 1.165) is 17.7 Å². The molecule has 0 heterocycles. The highest BCUT2D eigenvalue weighted by atomic mass is 16.6. The monoisotopic (exact) mass is 294 g/mol. The molecule has 0 bridgehead atoms. The molecule has 6 heteroatoms. The molecule has 0 aliphatic heterocycles. The van der Waals surface area contributed by atoms with Crippen molar-refractivity contribution in [1.82, 2.24) is 0 Å². The summed E-state index contributed by atoms with van der Waals surface area (Å²) in [4.78, 5) is 23.2. The minimum atomic E-state index is -0.868. The second kappa shape index (κ2) is 7.61. The van der Waals surface area contributed by atoms with E-state index in [0.29, 0.717) is 19.0 Å². The second-order valence-electron chi connectivity index (χ2n) is 5.54. The molecule has 0 saturated carbocycles. The molecule has 116 valence electrons. The van der Waals surface area contributed by atoms with Crippen LogP contribution in [-0.2, 0) is 4.79 Å². The maximum absolute atomic E-state index is 10.9. The first-order valence-corrected chi connectivity index (χ1v) is 7.03. The number of nitro benzene ring substituents is 1. The van der Waals surface area contributed by atoms with Crippen molar-refractivity contribution in [2.24, 2.45) is 5.92 Å². The molecule has 0 unspecified atom stereocenters. The molecule has 1 N–H and O–H groups in total. The van der Waals surface area contributed by atoms with Crippen molar-refractivity contribution in [3.05, 3.63) is 33.9 Å². The molecule has 0 atom stereocenters. The van der Waals surface area contributed by atoms with Gasteiger partial charge >= 0.3 is 5.97 Å². The molecule has 0 aliphatic carbocycles. The minimum absolute atomic E-state index is 0.0141. The fourth-order valence-electron chi connectivity index (χ4n) is 2.05. The van der Waals surface area contributed by atoms with Crippen LogP contribution in [0.4, 0.5) is 11.4 Å². The third kappa shape index (κ3) is 5.41. The van der Waals surface area contributed by atoms with Crippen molar-refractivity contribution >= 4 is 17.3 Å². The Kier molecular flexibility index (Phi) is 6.14. The number of aliphatic carboxylic acids is 1. The van der Waals surface area contributed by atoms with Gasteiger partial charge in [-0.2, -0.15) is 0 Å². The number of aryl methyl sites for hydroxylation is 1. The van der Waals surface area contributed by atoms with E-state index in [1.165, 1.54) is 12.1 Å². The molecule has 0 fully saturated rings. The van der Waals surface area contributed by atoms with Crippen molar-refractivity contribution in [1.29, 1.82) is 0 Å². The Bertz CT molecular complexity index is 514. The van der Waals surface area contributed by atoms with Gasteiger partial charge in [-0.05, 0) is 24.8 Å². The number of non-ortho nitro benzene ring substituents is 1. The Morgan fingerprint density at radius 1 is 1.38 bits per heavy atom. The van der Waals surface area contributed by atoms with Gasteiger partial charge in [-0.1, -0.05) is 19.9 Å². The zero-order chi connectivity index (χ0) is 16.0. The molecule has 0 aliphatic rings. The van der Waals surface area contributed by atoms with Gasteiger partial charge in [0.2, 0.25) is 0 Å². The molecule has 0 amide bonds. The Balaban J connectivity index is 3.01. The number of rotatable bonds is 8. The zero-order valence-corrected chi connectivity index (χ0v) is 12.7. The Hall–Kier alpha value is -2.11. The number of carbonyl (C=O) groups is 1. The smallest absolute Gasteiger partial charge is 0.305 e. The standard InChI is InChI=1S/C15H22N2O4/c1-11(2)6-8-16(9-7-15(18)19)14-10-13(17(20)21)5-4-12(14)3/h4-5,10-11H,6-9H2,1-3H3,(H,18,19). The first kappa shape index (κ1) is 16.9. The van der Waals surface area contributed by atoms with Crippen LogP contribution >= 0.6 is 0 Å². The van der Waals surface area contributed by atoms with E-state index >= 15 is 0 Å². The maximum Gasteiger partial charge on any atom is 0.305 e. The number of hydrogen-bond acceptors (Lipinski definition) is 4.